The largest absolute Gasteiger partial charge is 0.497 e. The van der Waals surface area contributed by atoms with Gasteiger partial charge in [0.1, 0.15) is 5.75 Å². The van der Waals surface area contributed by atoms with E-state index in [4.69, 9.17) is 4.74 Å². The molecule has 2 amide bonds. The van der Waals surface area contributed by atoms with Crippen LogP contribution in [-0.4, -0.2) is 112 Å². The molecular formula is C21H31N5O5S. The van der Waals surface area contributed by atoms with Crippen LogP contribution in [0, 0.1) is 5.92 Å². The smallest absolute Gasteiger partial charge is 0.282 e. The Morgan fingerprint density at radius 2 is 1.50 bits per heavy atom. The summed E-state index contributed by atoms with van der Waals surface area (Å²) in [5.41, 5.74) is 0.745. The highest BCUT2D eigenvalue weighted by atomic mass is 32.2. The zero-order chi connectivity index (χ0) is 22.9. The number of rotatable bonds is 5. The van der Waals surface area contributed by atoms with Crippen molar-refractivity contribution in [2.24, 2.45) is 5.92 Å². The Hall–Kier alpha value is -2.21. The fourth-order valence-corrected chi connectivity index (χ4v) is 6.04. The fraction of sp³-hybridized carbons (Fsp3) is 0.619. The van der Waals surface area contributed by atoms with Crippen molar-refractivity contribution in [1.29, 1.82) is 0 Å². The van der Waals surface area contributed by atoms with Crippen LogP contribution in [0.15, 0.2) is 24.3 Å². The Morgan fingerprint density at radius 3 is 2.06 bits per heavy atom. The summed E-state index contributed by atoms with van der Waals surface area (Å²) >= 11 is 0. The number of nitrogens with zero attached hydrogens (tertiary/aromatic N) is 5. The van der Waals surface area contributed by atoms with E-state index in [1.807, 2.05) is 19.2 Å². The number of piperazine rings is 2. The number of amides is 2. The van der Waals surface area contributed by atoms with E-state index in [-0.39, 0.29) is 31.3 Å². The van der Waals surface area contributed by atoms with Gasteiger partial charge in [-0.3, -0.25) is 9.59 Å². The summed E-state index contributed by atoms with van der Waals surface area (Å²) in [6, 6.07) is 7.20. The molecule has 1 aromatic carbocycles. The van der Waals surface area contributed by atoms with E-state index in [2.05, 4.69) is 4.90 Å². The number of hydrogen-bond donors (Lipinski definition) is 0. The first-order valence-corrected chi connectivity index (χ1v) is 12.4. The number of benzene rings is 1. The van der Waals surface area contributed by atoms with Crippen LogP contribution in [-0.2, 0) is 19.8 Å². The first kappa shape index (κ1) is 23.0. The van der Waals surface area contributed by atoms with Gasteiger partial charge in [0.25, 0.3) is 10.2 Å². The van der Waals surface area contributed by atoms with Gasteiger partial charge in [-0.2, -0.15) is 17.0 Å². The average molecular weight is 466 g/mol. The van der Waals surface area contributed by atoms with E-state index in [0.29, 0.717) is 38.5 Å². The lowest BCUT2D eigenvalue weighted by Crippen LogP contribution is -2.57. The number of methoxy groups -OCH3 is 1. The van der Waals surface area contributed by atoms with E-state index in [1.54, 1.807) is 29.0 Å². The van der Waals surface area contributed by atoms with E-state index in [0.717, 1.165) is 18.8 Å². The second-order valence-corrected chi connectivity index (χ2v) is 10.5. The van der Waals surface area contributed by atoms with Crippen molar-refractivity contribution in [3.63, 3.8) is 0 Å². The number of carbonyl (C=O) groups excluding carboxylic acids is 2. The number of ether oxygens (including phenoxy) is 1. The van der Waals surface area contributed by atoms with Crippen molar-refractivity contribution in [2.75, 3.05) is 78.0 Å². The van der Waals surface area contributed by atoms with Gasteiger partial charge in [0.05, 0.1) is 13.0 Å². The topological polar surface area (TPSA) is 93.7 Å². The molecule has 32 heavy (non-hydrogen) atoms. The molecule has 0 saturated carbocycles. The van der Waals surface area contributed by atoms with Crippen LogP contribution in [0.3, 0.4) is 0 Å². The standard InChI is InChI=1S/C21H31N5O5S/c1-22-7-11-24(12-8-22)32(29,30)25-13-9-23(10-14-25)21(28)17-15-20(27)26(16-17)18-3-5-19(31-2)6-4-18/h3-6,17H,7-16H2,1-2H3. The summed E-state index contributed by atoms with van der Waals surface area (Å²) in [4.78, 5) is 31.0. The van der Waals surface area contributed by atoms with E-state index in [9.17, 15) is 18.0 Å². The van der Waals surface area contributed by atoms with Crippen molar-refractivity contribution in [3.05, 3.63) is 24.3 Å². The minimum Gasteiger partial charge on any atom is -0.497 e. The van der Waals surface area contributed by atoms with Crippen molar-refractivity contribution in [3.8, 4) is 5.75 Å². The maximum atomic E-state index is 13.1. The van der Waals surface area contributed by atoms with Gasteiger partial charge in [-0.1, -0.05) is 0 Å². The molecule has 4 rings (SSSR count). The molecule has 1 atom stereocenters. The molecule has 3 aliphatic heterocycles. The van der Waals surface area contributed by atoms with Gasteiger partial charge in [0.15, 0.2) is 0 Å². The highest BCUT2D eigenvalue weighted by Gasteiger charge is 2.40. The van der Waals surface area contributed by atoms with Gasteiger partial charge in [-0.25, -0.2) is 0 Å². The van der Waals surface area contributed by atoms with Crippen molar-refractivity contribution < 1.29 is 22.7 Å². The molecule has 3 heterocycles. The van der Waals surface area contributed by atoms with Crippen molar-refractivity contribution in [1.82, 2.24) is 18.4 Å². The lowest BCUT2D eigenvalue weighted by atomic mass is 10.1. The Labute approximate surface area is 189 Å². The summed E-state index contributed by atoms with van der Waals surface area (Å²) in [5.74, 6) is 0.138. The molecule has 0 N–H and O–H groups in total. The summed E-state index contributed by atoms with van der Waals surface area (Å²) in [5, 5.41) is 0. The van der Waals surface area contributed by atoms with Crippen LogP contribution in [0.2, 0.25) is 0 Å². The molecule has 0 radical (unpaired) electrons. The lowest BCUT2D eigenvalue weighted by molar-refractivity contribution is -0.137. The molecule has 0 aliphatic carbocycles. The predicted octanol–water partition coefficient (Wildman–Crippen LogP) is -0.315. The molecule has 176 valence electrons. The normalized spacial score (nSPS) is 24.2. The molecular weight excluding hydrogens is 434 g/mol. The molecule has 11 heteroatoms. The maximum Gasteiger partial charge on any atom is 0.282 e. The highest BCUT2D eigenvalue weighted by molar-refractivity contribution is 7.86. The second-order valence-electron chi connectivity index (χ2n) is 8.54. The van der Waals surface area contributed by atoms with E-state index in [1.165, 1.54) is 8.61 Å². The summed E-state index contributed by atoms with van der Waals surface area (Å²) in [7, 11) is 0.0616. The molecule has 3 aliphatic rings. The van der Waals surface area contributed by atoms with E-state index >= 15 is 0 Å². The Bertz CT molecular complexity index is 938. The van der Waals surface area contributed by atoms with E-state index < -0.39 is 16.1 Å². The van der Waals surface area contributed by atoms with Crippen LogP contribution < -0.4 is 9.64 Å². The average Bonchev–Trinajstić information content (AvgIpc) is 3.20. The third kappa shape index (κ3) is 4.61. The fourth-order valence-electron chi connectivity index (χ4n) is 4.46. The molecule has 3 fully saturated rings. The van der Waals surface area contributed by atoms with Crippen LogP contribution >= 0.6 is 0 Å². The summed E-state index contributed by atoms with van der Waals surface area (Å²) < 4.78 is 34.0. The molecule has 1 aromatic rings. The van der Waals surface area contributed by atoms with Crippen LogP contribution in [0.1, 0.15) is 6.42 Å². The third-order valence-electron chi connectivity index (χ3n) is 6.52. The monoisotopic (exact) mass is 465 g/mol. The Balaban J connectivity index is 1.33. The predicted molar refractivity (Wildman–Crippen MR) is 120 cm³/mol. The third-order valence-corrected chi connectivity index (χ3v) is 8.56. The number of likely N-dealkylation sites (N-methyl/N-ethyl adjacent to an activating group) is 1. The van der Waals surface area contributed by atoms with Crippen molar-refractivity contribution in [2.45, 2.75) is 6.42 Å². The SMILES string of the molecule is COc1ccc(N2CC(C(=O)N3CCN(S(=O)(=O)N4CCN(C)CC4)CC3)CC2=O)cc1. The van der Waals surface area contributed by atoms with Gasteiger partial charge < -0.3 is 19.4 Å². The van der Waals surface area contributed by atoms with Gasteiger partial charge in [-0.15, -0.1) is 0 Å². The maximum absolute atomic E-state index is 13.1. The Kier molecular flexibility index (Phi) is 6.70. The minimum absolute atomic E-state index is 0.0778. The van der Waals surface area contributed by atoms with Crippen molar-refractivity contribution >= 4 is 27.7 Å². The van der Waals surface area contributed by atoms with Gasteiger partial charge in [0, 0.05) is 71.0 Å². The molecule has 0 aromatic heterocycles. The van der Waals surface area contributed by atoms with Crippen LogP contribution in [0.5, 0.6) is 5.75 Å². The Morgan fingerprint density at radius 1 is 0.938 bits per heavy atom. The summed E-state index contributed by atoms with van der Waals surface area (Å²) in [6.45, 7) is 4.01. The molecule has 0 spiro atoms. The first-order chi connectivity index (χ1) is 15.3. The van der Waals surface area contributed by atoms with Crippen LogP contribution in [0.4, 0.5) is 5.69 Å². The molecule has 0 bridgehead atoms. The quantitative estimate of drug-likeness (QED) is 0.592. The molecule has 1 unspecified atom stereocenters. The zero-order valence-electron chi connectivity index (χ0n) is 18.6. The van der Waals surface area contributed by atoms with Crippen LogP contribution in [0.25, 0.3) is 0 Å². The molecule has 10 nitrogen and oxygen atoms in total. The first-order valence-electron chi connectivity index (χ1n) is 11.0. The number of hydrogen-bond acceptors (Lipinski definition) is 6. The van der Waals surface area contributed by atoms with Gasteiger partial charge in [0.2, 0.25) is 11.8 Å². The number of carbonyl (C=O) groups is 2. The lowest BCUT2D eigenvalue weighted by Gasteiger charge is -2.39. The number of anilines is 1. The zero-order valence-corrected chi connectivity index (χ0v) is 19.5. The highest BCUT2D eigenvalue weighted by Crippen LogP contribution is 2.28. The van der Waals surface area contributed by atoms with Gasteiger partial charge >= 0.3 is 0 Å². The second kappa shape index (κ2) is 9.34. The van der Waals surface area contributed by atoms with Gasteiger partial charge in [-0.05, 0) is 31.3 Å². The molecule has 3 saturated heterocycles. The minimum atomic E-state index is -3.51. The summed E-state index contributed by atoms with van der Waals surface area (Å²) in [6.07, 6.45) is 0.171.